The fourth-order valence-electron chi connectivity index (χ4n) is 5.27. The van der Waals surface area contributed by atoms with Gasteiger partial charge in [0.15, 0.2) is 5.76 Å². The Bertz CT molecular complexity index is 1130. The summed E-state index contributed by atoms with van der Waals surface area (Å²) in [7, 11) is 0. The Hall–Kier alpha value is -3.26. The zero-order valence-electron chi connectivity index (χ0n) is 22.2. The van der Waals surface area contributed by atoms with Crippen LogP contribution >= 0.6 is 0 Å². The largest absolute Gasteiger partial charge is 0.462 e. The highest BCUT2D eigenvalue weighted by atomic mass is 19.1. The van der Waals surface area contributed by atoms with E-state index in [1.807, 2.05) is 6.07 Å². The maximum atomic E-state index is 13.5. The van der Waals surface area contributed by atoms with Crippen molar-refractivity contribution in [2.75, 3.05) is 46.1 Å². The molecule has 5 nitrogen and oxygen atoms in total. The van der Waals surface area contributed by atoms with E-state index in [4.69, 9.17) is 14.2 Å². The van der Waals surface area contributed by atoms with Gasteiger partial charge >= 0.3 is 0 Å². The van der Waals surface area contributed by atoms with Gasteiger partial charge in [-0.2, -0.15) is 0 Å². The fourth-order valence-corrected chi connectivity index (χ4v) is 5.27. The van der Waals surface area contributed by atoms with Crippen molar-refractivity contribution in [2.24, 2.45) is 0 Å². The lowest BCUT2D eigenvalue weighted by atomic mass is 10.0. The Morgan fingerprint density at radius 3 is 2.00 bits per heavy atom. The van der Waals surface area contributed by atoms with E-state index in [9.17, 15) is 8.78 Å². The monoisotopic (exact) mass is 534 g/mol. The molecule has 1 fully saturated rings. The van der Waals surface area contributed by atoms with Crippen LogP contribution in [-0.2, 0) is 20.6 Å². The van der Waals surface area contributed by atoms with E-state index in [0.717, 1.165) is 68.9 Å². The predicted octanol–water partition coefficient (Wildman–Crippen LogP) is 5.93. The first-order valence-corrected chi connectivity index (χ1v) is 13.7. The van der Waals surface area contributed by atoms with Crippen LogP contribution in [0.5, 0.6) is 0 Å². The van der Waals surface area contributed by atoms with Gasteiger partial charge in [0.25, 0.3) is 0 Å². The Morgan fingerprint density at radius 1 is 0.769 bits per heavy atom. The molecule has 2 aliphatic rings. The van der Waals surface area contributed by atoms with E-state index in [0.29, 0.717) is 13.4 Å². The van der Waals surface area contributed by atoms with Crippen LogP contribution in [0.15, 0.2) is 90.9 Å². The van der Waals surface area contributed by atoms with E-state index in [1.165, 1.54) is 29.8 Å². The standard InChI is InChI=1S/C32H36F2N2O3/c33-28-12-8-26(9-13-28)32(27-10-14-29(34)15-11-27)38-21-5-4-16-35-17-19-36(20-18-35)30(31-23-37-24-39-31)22-25-6-2-1-3-7-25/h1-3,6-15,23,30,32H,4-5,16-22,24H2. The SMILES string of the molecule is Fc1ccc(C(OCCCCN2CCN(C(Cc3ccccc3)C3=COCO3)CC2)c2ccc(F)cc2)cc1. The van der Waals surface area contributed by atoms with Crippen molar-refractivity contribution in [3.63, 3.8) is 0 Å². The fraction of sp³-hybridized carbons (Fsp3) is 0.375. The van der Waals surface area contributed by atoms with Crippen molar-refractivity contribution in [3.05, 3.63) is 119 Å². The zero-order chi connectivity index (χ0) is 26.9. The molecule has 3 aromatic rings. The second-order valence-electron chi connectivity index (χ2n) is 10.1. The summed E-state index contributed by atoms with van der Waals surface area (Å²) in [6.45, 7) is 5.86. The topological polar surface area (TPSA) is 34.2 Å². The molecule has 0 amide bonds. The van der Waals surface area contributed by atoms with Crippen LogP contribution < -0.4 is 0 Å². The minimum atomic E-state index is -0.354. The van der Waals surface area contributed by atoms with Gasteiger partial charge in [-0.25, -0.2) is 8.78 Å². The number of halogens is 2. The van der Waals surface area contributed by atoms with Gasteiger partial charge in [0, 0.05) is 32.8 Å². The highest BCUT2D eigenvalue weighted by Crippen LogP contribution is 2.27. The molecule has 0 aliphatic carbocycles. The summed E-state index contributed by atoms with van der Waals surface area (Å²) in [5.74, 6) is 0.342. The highest BCUT2D eigenvalue weighted by molar-refractivity contribution is 5.30. The number of benzene rings is 3. The lowest BCUT2D eigenvalue weighted by Crippen LogP contribution is -2.51. The summed E-state index contributed by atoms with van der Waals surface area (Å²) in [6, 6.07) is 23.4. The lowest BCUT2D eigenvalue weighted by molar-refractivity contribution is 0.0437. The Kier molecular flexibility index (Phi) is 9.59. The van der Waals surface area contributed by atoms with E-state index < -0.39 is 0 Å². The molecule has 206 valence electrons. The summed E-state index contributed by atoms with van der Waals surface area (Å²) in [6.07, 6.45) is 4.25. The quantitative estimate of drug-likeness (QED) is 0.269. The van der Waals surface area contributed by atoms with Crippen LogP contribution in [0.2, 0.25) is 0 Å². The van der Waals surface area contributed by atoms with Gasteiger partial charge < -0.3 is 19.1 Å². The summed E-state index contributed by atoms with van der Waals surface area (Å²) < 4.78 is 44.3. The van der Waals surface area contributed by atoms with Crippen molar-refractivity contribution < 1.29 is 23.0 Å². The molecule has 0 spiro atoms. The van der Waals surface area contributed by atoms with Gasteiger partial charge in [-0.1, -0.05) is 54.6 Å². The van der Waals surface area contributed by atoms with Gasteiger partial charge in [0.05, 0.1) is 6.04 Å². The van der Waals surface area contributed by atoms with Crippen LogP contribution in [0.1, 0.15) is 35.6 Å². The van der Waals surface area contributed by atoms with Gasteiger partial charge in [0.1, 0.15) is 24.0 Å². The maximum Gasteiger partial charge on any atom is 0.229 e. The minimum Gasteiger partial charge on any atom is -0.462 e. The van der Waals surface area contributed by atoms with E-state index in [2.05, 4.69) is 34.1 Å². The van der Waals surface area contributed by atoms with Crippen LogP contribution in [0.25, 0.3) is 0 Å². The normalized spacial score (nSPS) is 17.1. The molecular formula is C32H36F2N2O3. The number of nitrogens with zero attached hydrogens (tertiary/aromatic N) is 2. The average Bonchev–Trinajstić information content (AvgIpc) is 3.51. The van der Waals surface area contributed by atoms with Crippen LogP contribution in [0, 0.1) is 11.6 Å². The minimum absolute atomic E-state index is 0.181. The molecule has 0 bridgehead atoms. The molecule has 1 saturated heterocycles. The molecule has 0 saturated carbocycles. The third-order valence-electron chi connectivity index (χ3n) is 7.44. The first kappa shape index (κ1) is 27.3. The zero-order valence-corrected chi connectivity index (χ0v) is 22.2. The summed E-state index contributed by atoms with van der Waals surface area (Å²) in [4.78, 5) is 5.01. The molecule has 2 aliphatic heterocycles. The number of hydrogen-bond acceptors (Lipinski definition) is 5. The summed E-state index contributed by atoms with van der Waals surface area (Å²) in [5.41, 5.74) is 3.01. The Balaban J connectivity index is 1.08. The first-order valence-electron chi connectivity index (χ1n) is 13.7. The Labute approximate surface area is 229 Å². The molecule has 1 atom stereocenters. The van der Waals surface area contributed by atoms with Crippen LogP contribution in [0.4, 0.5) is 8.78 Å². The average molecular weight is 535 g/mol. The molecule has 3 aromatic carbocycles. The van der Waals surface area contributed by atoms with Crippen LogP contribution in [-0.4, -0.2) is 62.0 Å². The van der Waals surface area contributed by atoms with Crippen molar-refractivity contribution >= 4 is 0 Å². The van der Waals surface area contributed by atoms with Crippen molar-refractivity contribution in [1.82, 2.24) is 9.80 Å². The van der Waals surface area contributed by atoms with E-state index >= 15 is 0 Å². The van der Waals surface area contributed by atoms with Gasteiger partial charge in [0.2, 0.25) is 6.79 Å². The van der Waals surface area contributed by atoms with Gasteiger partial charge in [-0.3, -0.25) is 4.90 Å². The van der Waals surface area contributed by atoms with E-state index in [1.54, 1.807) is 30.5 Å². The van der Waals surface area contributed by atoms with E-state index in [-0.39, 0.29) is 23.8 Å². The maximum absolute atomic E-state index is 13.5. The number of hydrogen-bond donors (Lipinski definition) is 0. The number of rotatable bonds is 12. The third kappa shape index (κ3) is 7.66. The lowest BCUT2D eigenvalue weighted by Gasteiger charge is -2.39. The summed E-state index contributed by atoms with van der Waals surface area (Å²) >= 11 is 0. The molecule has 0 radical (unpaired) electrons. The number of ether oxygens (including phenoxy) is 3. The van der Waals surface area contributed by atoms with Crippen LogP contribution in [0.3, 0.4) is 0 Å². The molecule has 5 rings (SSSR count). The number of unbranched alkanes of at least 4 members (excludes halogenated alkanes) is 1. The van der Waals surface area contributed by atoms with Crippen molar-refractivity contribution in [1.29, 1.82) is 0 Å². The molecule has 0 aromatic heterocycles. The number of piperazine rings is 1. The first-order chi connectivity index (χ1) is 19.2. The molecular weight excluding hydrogens is 498 g/mol. The smallest absolute Gasteiger partial charge is 0.229 e. The molecule has 39 heavy (non-hydrogen) atoms. The molecule has 7 heteroatoms. The second kappa shape index (κ2) is 13.7. The highest BCUT2D eigenvalue weighted by Gasteiger charge is 2.29. The molecule has 1 unspecified atom stereocenters. The van der Waals surface area contributed by atoms with Gasteiger partial charge in [-0.15, -0.1) is 0 Å². The molecule has 0 N–H and O–H groups in total. The summed E-state index contributed by atoms with van der Waals surface area (Å²) in [5, 5.41) is 0. The van der Waals surface area contributed by atoms with Gasteiger partial charge in [-0.05, 0) is 66.8 Å². The Morgan fingerprint density at radius 2 is 1.41 bits per heavy atom. The second-order valence-corrected chi connectivity index (χ2v) is 10.1. The predicted molar refractivity (Wildman–Crippen MR) is 147 cm³/mol. The van der Waals surface area contributed by atoms with Crippen molar-refractivity contribution in [2.45, 2.75) is 31.4 Å². The third-order valence-corrected chi connectivity index (χ3v) is 7.44. The van der Waals surface area contributed by atoms with Crippen molar-refractivity contribution in [3.8, 4) is 0 Å². The molecule has 2 heterocycles.